The van der Waals surface area contributed by atoms with E-state index >= 15 is 0 Å². The molecule has 4 bridgehead atoms. The molecule has 5 nitrogen and oxygen atoms in total. The van der Waals surface area contributed by atoms with Crippen molar-refractivity contribution in [1.82, 2.24) is 15.6 Å². The van der Waals surface area contributed by atoms with Crippen LogP contribution in [0.25, 0.3) is 0 Å². The Balaban J connectivity index is 0.00000205. The van der Waals surface area contributed by atoms with Crippen molar-refractivity contribution < 1.29 is 4.79 Å². The van der Waals surface area contributed by atoms with Crippen LogP contribution in [0.1, 0.15) is 55.3 Å². The summed E-state index contributed by atoms with van der Waals surface area (Å²) in [5.41, 5.74) is 0.900. The summed E-state index contributed by atoms with van der Waals surface area (Å²) in [5.74, 6) is 3.51. The number of pyridine rings is 1. The number of carbonyl (C=O) groups excluding carboxylic acids is 1. The van der Waals surface area contributed by atoms with Gasteiger partial charge in [0, 0.05) is 32.4 Å². The minimum absolute atomic E-state index is 0. The molecule has 1 aromatic rings. The highest BCUT2D eigenvalue weighted by Gasteiger charge is 2.50. The van der Waals surface area contributed by atoms with Crippen LogP contribution in [0.3, 0.4) is 0 Å². The highest BCUT2D eigenvalue weighted by Crippen LogP contribution is 2.59. The summed E-state index contributed by atoms with van der Waals surface area (Å²) in [5, 5.41) is 7.11. The van der Waals surface area contributed by atoms with E-state index in [1.54, 1.807) is 6.20 Å². The first kappa shape index (κ1) is 21.2. The minimum atomic E-state index is -0.0441. The standard InChI is InChI=1S/C22H31ClN4O.ClH/c23-19-13-25-20(27-4-1-2-24-3-5-27)9-18(19)21(28)26-14-22-10-15-6-16(11-22)8-17(7-15)12-22;/h9,13,15-17,24H,1-8,10-12,14H2,(H,26,28);1H. The Morgan fingerprint density at radius 2 is 1.86 bits per heavy atom. The second-order valence-electron chi connectivity index (χ2n) is 9.71. The molecule has 5 fully saturated rings. The van der Waals surface area contributed by atoms with E-state index in [-0.39, 0.29) is 18.3 Å². The number of nitrogens with one attached hydrogen (secondary N) is 2. The molecule has 1 aromatic heterocycles. The van der Waals surface area contributed by atoms with Gasteiger partial charge in [0.25, 0.3) is 5.91 Å². The third kappa shape index (κ3) is 4.38. The number of carbonyl (C=O) groups is 1. The van der Waals surface area contributed by atoms with Crippen molar-refractivity contribution in [2.75, 3.05) is 37.6 Å². The van der Waals surface area contributed by atoms with Crippen LogP contribution in [0.2, 0.25) is 5.02 Å². The van der Waals surface area contributed by atoms with Gasteiger partial charge in [-0.2, -0.15) is 0 Å². The summed E-state index contributed by atoms with van der Waals surface area (Å²) >= 11 is 6.36. The Morgan fingerprint density at radius 1 is 1.17 bits per heavy atom. The summed E-state index contributed by atoms with van der Waals surface area (Å²) in [6, 6.07) is 1.88. The Labute approximate surface area is 184 Å². The molecule has 6 rings (SSSR count). The summed E-state index contributed by atoms with van der Waals surface area (Å²) in [4.78, 5) is 19.7. The highest BCUT2D eigenvalue weighted by atomic mass is 35.5. The van der Waals surface area contributed by atoms with Crippen LogP contribution in [-0.4, -0.2) is 43.6 Å². The van der Waals surface area contributed by atoms with Crippen LogP contribution in [0.5, 0.6) is 0 Å². The fourth-order valence-electron chi connectivity index (χ4n) is 6.72. The van der Waals surface area contributed by atoms with E-state index in [1.165, 1.54) is 38.5 Å². The van der Waals surface area contributed by atoms with E-state index in [0.717, 1.165) is 62.7 Å². The molecule has 0 radical (unpaired) electrons. The van der Waals surface area contributed by atoms with Gasteiger partial charge >= 0.3 is 0 Å². The average molecular weight is 439 g/mol. The molecule has 5 aliphatic rings. The second kappa shape index (κ2) is 8.60. The highest BCUT2D eigenvalue weighted by molar-refractivity contribution is 6.33. The monoisotopic (exact) mass is 438 g/mol. The fraction of sp³-hybridized carbons (Fsp3) is 0.727. The van der Waals surface area contributed by atoms with Crippen LogP contribution < -0.4 is 15.5 Å². The Morgan fingerprint density at radius 3 is 2.55 bits per heavy atom. The molecule has 4 aliphatic carbocycles. The molecule has 2 heterocycles. The maximum Gasteiger partial charge on any atom is 0.253 e. The summed E-state index contributed by atoms with van der Waals surface area (Å²) in [7, 11) is 0. The number of amides is 1. The zero-order valence-corrected chi connectivity index (χ0v) is 18.5. The number of halogens is 2. The molecular weight excluding hydrogens is 407 g/mol. The van der Waals surface area contributed by atoms with Gasteiger partial charge in [0.05, 0.1) is 10.6 Å². The van der Waals surface area contributed by atoms with Crippen molar-refractivity contribution in [1.29, 1.82) is 0 Å². The van der Waals surface area contributed by atoms with Crippen molar-refractivity contribution in [2.24, 2.45) is 23.2 Å². The Kier molecular flexibility index (Phi) is 6.29. The van der Waals surface area contributed by atoms with Crippen LogP contribution in [0.4, 0.5) is 5.82 Å². The number of anilines is 1. The topological polar surface area (TPSA) is 57.3 Å². The van der Waals surface area contributed by atoms with Crippen molar-refractivity contribution in [3.63, 3.8) is 0 Å². The number of aromatic nitrogens is 1. The number of hydrogen-bond acceptors (Lipinski definition) is 4. The number of nitrogens with zero attached hydrogens (tertiary/aromatic N) is 2. The second-order valence-corrected chi connectivity index (χ2v) is 10.1. The molecule has 4 saturated carbocycles. The van der Waals surface area contributed by atoms with Gasteiger partial charge < -0.3 is 15.5 Å². The first-order valence-corrected chi connectivity index (χ1v) is 11.4. The minimum Gasteiger partial charge on any atom is -0.355 e. The molecule has 0 atom stereocenters. The maximum atomic E-state index is 13.0. The summed E-state index contributed by atoms with van der Waals surface area (Å²) in [6.45, 7) is 4.64. The van der Waals surface area contributed by atoms with Gasteiger partial charge in [-0.3, -0.25) is 4.79 Å². The van der Waals surface area contributed by atoms with Crippen molar-refractivity contribution in [3.05, 3.63) is 22.8 Å². The van der Waals surface area contributed by atoms with Gasteiger partial charge in [-0.1, -0.05) is 11.6 Å². The van der Waals surface area contributed by atoms with E-state index in [2.05, 4.69) is 20.5 Å². The largest absolute Gasteiger partial charge is 0.355 e. The number of rotatable bonds is 4. The zero-order chi connectivity index (χ0) is 19.1. The molecule has 0 spiro atoms. The third-order valence-electron chi connectivity index (χ3n) is 7.54. The zero-order valence-electron chi connectivity index (χ0n) is 17.0. The van der Waals surface area contributed by atoms with Crippen LogP contribution in [0.15, 0.2) is 12.3 Å². The first-order valence-electron chi connectivity index (χ1n) is 11.0. The lowest BCUT2D eigenvalue weighted by Gasteiger charge is -2.56. The normalized spacial score (nSPS) is 33.1. The lowest BCUT2D eigenvalue weighted by Crippen LogP contribution is -2.51. The first-order chi connectivity index (χ1) is 13.6. The van der Waals surface area contributed by atoms with Gasteiger partial charge in [-0.05, 0) is 80.7 Å². The molecule has 1 saturated heterocycles. The van der Waals surface area contributed by atoms with Gasteiger partial charge in [-0.15, -0.1) is 12.4 Å². The molecule has 2 N–H and O–H groups in total. The summed E-state index contributed by atoms with van der Waals surface area (Å²) < 4.78 is 0. The van der Waals surface area contributed by atoms with Gasteiger partial charge in [0.15, 0.2) is 0 Å². The molecule has 29 heavy (non-hydrogen) atoms. The smallest absolute Gasteiger partial charge is 0.253 e. The molecule has 1 amide bonds. The molecule has 7 heteroatoms. The van der Waals surface area contributed by atoms with Gasteiger partial charge in [0.2, 0.25) is 0 Å². The van der Waals surface area contributed by atoms with E-state index in [1.807, 2.05) is 6.07 Å². The molecule has 160 valence electrons. The van der Waals surface area contributed by atoms with Crippen molar-refractivity contribution >= 4 is 35.7 Å². The molecule has 1 aliphatic heterocycles. The fourth-order valence-corrected chi connectivity index (χ4v) is 6.91. The van der Waals surface area contributed by atoms with Crippen LogP contribution >= 0.6 is 24.0 Å². The third-order valence-corrected chi connectivity index (χ3v) is 7.84. The van der Waals surface area contributed by atoms with Gasteiger partial charge in [0.1, 0.15) is 5.82 Å². The van der Waals surface area contributed by atoms with Crippen molar-refractivity contribution in [2.45, 2.75) is 44.9 Å². The Bertz CT molecular complexity index is 713. The molecule has 0 aromatic carbocycles. The quantitative estimate of drug-likeness (QED) is 0.747. The van der Waals surface area contributed by atoms with E-state index in [4.69, 9.17) is 11.6 Å². The van der Waals surface area contributed by atoms with E-state index in [0.29, 0.717) is 16.0 Å². The van der Waals surface area contributed by atoms with E-state index in [9.17, 15) is 4.79 Å². The number of hydrogen-bond donors (Lipinski definition) is 2. The van der Waals surface area contributed by atoms with Crippen LogP contribution in [-0.2, 0) is 0 Å². The predicted octanol–water partition coefficient (Wildman–Crippen LogP) is 3.90. The van der Waals surface area contributed by atoms with Crippen LogP contribution in [0, 0.1) is 23.2 Å². The predicted molar refractivity (Wildman–Crippen MR) is 119 cm³/mol. The van der Waals surface area contributed by atoms with Crippen molar-refractivity contribution in [3.8, 4) is 0 Å². The van der Waals surface area contributed by atoms with Gasteiger partial charge in [-0.25, -0.2) is 4.98 Å². The van der Waals surface area contributed by atoms with E-state index < -0.39 is 0 Å². The lowest BCUT2D eigenvalue weighted by atomic mass is 9.49. The summed E-state index contributed by atoms with van der Waals surface area (Å²) in [6.07, 6.45) is 10.9. The molecular formula is C22H32Cl2N4O. The molecule has 0 unspecified atom stereocenters. The SMILES string of the molecule is Cl.O=C(NCC12CC3CC(CC(C3)C1)C2)c1cc(N2CCCNCC2)ncc1Cl. The maximum absolute atomic E-state index is 13.0. The Hall–Kier alpha value is -1.04. The lowest BCUT2D eigenvalue weighted by molar-refractivity contribution is -0.0503. The average Bonchev–Trinajstić information content (AvgIpc) is 2.95.